The van der Waals surface area contributed by atoms with Gasteiger partial charge in [0.1, 0.15) is 5.75 Å². The SMILES string of the molecule is C[C@H](CCc1ccccc1)NS(=O)(=O)c1ccc(O[C@H](C)C(=O)NC2CCCCC2)cc1. The number of benzene rings is 2. The Bertz CT molecular complexity index is 955. The number of carbonyl (C=O) groups excluding carboxylic acids is 1. The molecule has 0 radical (unpaired) electrons. The summed E-state index contributed by atoms with van der Waals surface area (Å²) in [6.45, 7) is 3.57. The Morgan fingerprint density at radius 2 is 1.66 bits per heavy atom. The van der Waals surface area contributed by atoms with Crippen molar-refractivity contribution < 1.29 is 17.9 Å². The number of hydrogen-bond acceptors (Lipinski definition) is 4. The van der Waals surface area contributed by atoms with E-state index in [1.165, 1.54) is 24.1 Å². The number of sulfonamides is 1. The highest BCUT2D eigenvalue weighted by Gasteiger charge is 2.21. The molecule has 3 rings (SSSR count). The summed E-state index contributed by atoms with van der Waals surface area (Å²) in [5, 5.41) is 3.05. The van der Waals surface area contributed by atoms with E-state index in [1.807, 2.05) is 37.3 Å². The van der Waals surface area contributed by atoms with Crippen molar-refractivity contribution in [2.75, 3.05) is 0 Å². The second kappa shape index (κ2) is 11.5. The van der Waals surface area contributed by atoms with Gasteiger partial charge in [-0.2, -0.15) is 0 Å². The predicted octanol–water partition coefficient (Wildman–Crippen LogP) is 4.20. The zero-order chi connectivity index (χ0) is 23.0. The molecule has 2 atom stereocenters. The Balaban J connectivity index is 1.50. The molecule has 32 heavy (non-hydrogen) atoms. The Hall–Kier alpha value is -2.38. The molecular weight excluding hydrogens is 424 g/mol. The molecule has 6 nitrogen and oxygen atoms in total. The van der Waals surface area contributed by atoms with Gasteiger partial charge in [-0.3, -0.25) is 4.79 Å². The van der Waals surface area contributed by atoms with E-state index in [-0.39, 0.29) is 22.9 Å². The number of amides is 1. The topological polar surface area (TPSA) is 84.5 Å². The molecule has 1 aliphatic carbocycles. The summed E-state index contributed by atoms with van der Waals surface area (Å²) in [4.78, 5) is 12.6. The summed E-state index contributed by atoms with van der Waals surface area (Å²) < 4.78 is 33.9. The van der Waals surface area contributed by atoms with E-state index in [4.69, 9.17) is 4.74 Å². The van der Waals surface area contributed by atoms with Crippen molar-refractivity contribution in [2.45, 2.75) is 81.9 Å². The van der Waals surface area contributed by atoms with E-state index in [0.29, 0.717) is 12.2 Å². The minimum atomic E-state index is -3.63. The normalized spacial score (nSPS) is 16.8. The minimum absolute atomic E-state index is 0.137. The number of nitrogens with one attached hydrogen (secondary N) is 2. The van der Waals surface area contributed by atoms with Crippen LogP contribution in [0.5, 0.6) is 5.75 Å². The second-order valence-corrected chi connectivity index (χ2v) is 10.3. The van der Waals surface area contributed by atoms with Crippen molar-refractivity contribution in [3.63, 3.8) is 0 Å². The fourth-order valence-corrected chi connectivity index (χ4v) is 5.22. The average Bonchev–Trinajstić information content (AvgIpc) is 2.79. The van der Waals surface area contributed by atoms with Crippen molar-refractivity contribution in [1.82, 2.24) is 10.0 Å². The maximum atomic E-state index is 12.7. The zero-order valence-electron chi connectivity index (χ0n) is 18.9. The third-order valence-electron chi connectivity index (χ3n) is 5.83. The van der Waals surface area contributed by atoms with Gasteiger partial charge in [-0.05, 0) is 69.4 Å². The number of carbonyl (C=O) groups is 1. The summed E-state index contributed by atoms with van der Waals surface area (Å²) in [5.41, 5.74) is 1.18. The summed E-state index contributed by atoms with van der Waals surface area (Å²) in [5.74, 6) is 0.329. The number of rotatable bonds is 10. The molecule has 0 aliphatic heterocycles. The van der Waals surface area contributed by atoms with Crippen LogP contribution < -0.4 is 14.8 Å². The Morgan fingerprint density at radius 1 is 1.00 bits per heavy atom. The van der Waals surface area contributed by atoms with Gasteiger partial charge in [0.25, 0.3) is 5.91 Å². The third-order valence-corrected chi connectivity index (χ3v) is 7.44. The predicted molar refractivity (Wildman–Crippen MR) is 126 cm³/mol. The molecule has 2 N–H and O–H groups in total. The number of hydrogen-bond donors (Lipinski definition) is 2. The van der Waals surface area contributed by atoms with Gasteiger partial charge in [-0.1, -0.05) is 49.6 Å². The first kappa shape index (κ1) is 24.3. The van der Waals surface area contributed by atoms with Crippen LogP contribution in [0.4, 0.5) is 0 Å². The van der Waals surface area contributed by atoms with Crippen LogP contribution in [0.3, 0.4) is 0 Å². The van der Waals surface area contributed by atoms with Gasteiger partial charge in [0.2, 0.25) is 10.0 Å². The lowest BCUT2D eigenvalue weighted by atomic mass is 9.95. The first-order chi connectivity index (χ1) is 15.3. The fourth-order valence-electron chi connectivity index (χ4n) is 3.94. The van der Waals surface area contributed by atoms with Crippen molar-refractivity contribution in [3.05, 3.63) is 60.2 Å². The van der Waals surface area contributed by atoms with Crippen molar-refractivity contribution in [2.24, 2.45) is 0 Å². The second-order valence-electron chi connectivity index (χ2n) is 8.62. The molecule has 1 fully saturated rings. The first-order valence-corrected chi connectivity index (χ1v) is 12.9. The van der Waals surface area contributed by atoms with E-state index < -0.39 is 16.1 Å². The average molecular weight is 459 g/mol. The van der Waals surface area contributed by atoms with Gasteiger partial charge >= 0.3 is 0 Å². The molecule has 174 valence electrons. The molecule has 0 aromatic heterocycles. The van der Waals surface area contributed by atoms with Crippen molar-refractivity contribution in [3.8, 4) is 5.75 Å². The van der Waals surface area contributed by atoms with Crippen LogP contribution >= 0.6 is 0 Å². The van der Waals surface area contributed by atoms with E-state index in [1.54, 1.807) is 19.1 Å². The maximum Gasteiger partial charge on any atom is 0.260 e. The van der Waals surface area contributed by atoms with Crippen LogP contribution in [-0.2, 0) is 21.2 Å². The van der Waals surface area contributed by atoms with Gasteiger partial charge in [0, 0.05) is 12.1 Å². The maximum absolute atomic E-state index is 12.7. The summed E-state index contributed by atoms with van der Waals surface area (Å²) in [6.07, 6.45) is 6.42. The molecule has 7 heteroatoms. The van der Waals surface area contributed by atoms with Crippen LogP contribution in [-0.4, -0.2) is 32.5 Å². The van der Waals surface area contributed by atoms with Gasteiger partial charge in [-0.25, -0.2) is 13.1 Å². The van der Waals surface area contributed by atoms with Crippen molar-refractivity contribution >= 4 is 15.9 Å². The minimum Gasteiger partial charge on any atom is -0.481 e. The van der Waals surface area contributed by atoms with E-state index >= 15 is 0 Å². The van der Waals surface area contributed by atoms with Gasteiger partial charge < -0.3 is 10.1 Å². The van der Waals surface area contributed by atoms with Crippen LogP contribution in [0.15, 0.2) is 59.5 Å². The molecule has 0 heterocycles. The zero-order valence-corrected chi connectivity index (χ0v) is 19.7. The summed E-state index contributed by atoms with van der Waals surface area (Å²) >= 11 is 0. The number of ether oxygens (including phenoxy) is 1. The summed E-state index contributed by atoms with van der Waals surface area (Å²) in [6, 6.07) is 16.2. The highest BCUT2D eigenvalue weighted by atomic mass is 32.2. The molecule has 0 unspecified atom stereocenters. The molecular formula is C25H34N2O4S. The Kier molecular flexibility index (Phi) is 8.70. The highest BCUT2D eigenvalue weighted by molar-refractivity contribution is 7.89. The molecule has 0 spiro atoms. The van der Waals surface area contributed by atoms with E-state index in [0.717, 1.165) is 32.1 Å². The van der Waals surface area contributed by atoms with E-state index in [9.17, 15) is 13.2 Å². The monoisotopic (exact) mass is 458 g/mol. The lowest BCUT2D eigenvalue weighted by molar-refractivity contribution is -0.128. The Labute approximate surface area is 191 Å². The van der Waals surface area contributed by atoms with Gasteiger partial charge in [-0.15, -0.1) is 0 Å². The van der Waals surface area contributed by atoms with Crippen molar-refractivity contribution in [1.29, 1.82) is 0 Å². The Morgan fingerprint density at radius 3 is 2.31 bits per heavy atom. The standard InChI is InChI=1S/C25H34N2O4S/c1-19(13-14-21-9-5-3-6-10-21)27-32(29,30)24-17-15-23(16-18-24)31-20(2)25(28)26-22-11-7-4-8-12-22/h3,5-6,9-10,15-20,22,27H,4,7-8,11-14H2,1-2H3,(H,26,28)/t19-,20-/m1/s1. The molecule has 0 saturated heterocycles. The van der Waals surface area contributed by atoms with Crippen LogP contribution in [0.2, 0.25) is 0 Å². The molecule has 1 amide bonds. The fraction of sp³-hybridized carbons (Fsp3) is 0.480. The summed E-state index contributed by atoms with van der Waals surface area (Å²) in [7, 11) is -3.63. The quantitative estimate of drug-likeness (QED) is 0.559. The molecule has 1 aliphatic rings. The molecule has 1 saturated carbocycles. The van der Waals surface area contributed by atoms with Gasteiger partial charge in [0.05, 0.1) is 4.90 Å². The van der Waals surface area contributed by atoms with Crippen LogP contribution in [0.25, 0.3) is 0 Å². The van der Waals surface area contributed by atoms with Crippen LogP contribution in [0, 0.1) is 0 Å². The lowest BCUT2D eigenvalue weighted by Gasteiger charge is -2.24. The number of aryl methyl sites for hydroxylation is 1. The molecule has 0 bridgehead atoms. The molecule has 2 aromatic rings. The highest BCUT2D eigenvalue weighted by Crippen LogP contribution is 2.20. The molecule has 2 aromatic carbocycles. The smallest absolute Gasteiger partial charge is 0.260 e. The van der Waals surface area contributed by atoms with Gasteiger partial charge in [0.15, 0.2) is 6.10 Å². The van der Waals surface area contributed by atoms with Crippen LogP contribution in [0.1, 0.15) is 57.9 Å². The lowest BCUT2D eigenvalue weighted by Crippen LogP contribution is -2.43. The third kappa shape index (κ3) is 7.35. The largest absolute Gasteiger partial charge is 0.481 e. The van der Waals surface area contributed by atoms with E-state index in [2.05, 4.69) is 10.0 Å². The first-order valence-electron chi connectivity index (χ1n) is 11.5.